The van der Waals surface area contributed by atoms with Crippen LogP contribution < -0.4 is 0 Å². The molecule has 0 aromatic rings. The number of hydrogen-bond acceptors (Lipinski definition) is 3. The molecule has 0 amide bonds. The van der Waals surface area contributed by atoms with Crippen LogP contribution in [0, 0.1) is 5.92 Å². The molecule has 1 atom stereocenters. The molecule has 3 nitrogen and oxygen atoms in total. The summed E-state index contributed by atoms with van der Waals surface area (Å²) in [7, 11) is 1.40. The quantitative estimate of drug-likeness (QED) is 0.643. The van der Waals surface area contributed by atoms with Crippen molar-refractivity contribution in [3.63, 3.8) is 0 Å². The topological polar surface area (TPSA) is 46.5 Å². The Bertz CT molecular complexity index is 196. The van der Waals surface area contributed by atoms with E-state index < -0.39 is 0 Å². The second kappa shape index (κ2) is 4.14. The Kier molecular flexibility index (Phi) is 3.14. The lowest BCUT2D eigenvalue weighted by Gasteiger charge is -2.17. The number of hydrogen-bond donors (Lipinski definition) is 1. The van der Waals surface area contributed by atoms with Crippen molar-refractivity contribution >= 4 is 5.97 Å². The van der Waals surface area contributed by atoms with Gasteiger partial charge in [-0.2, -0.15) is 0 Å². The van der Waals surface area contributed by atoms with E-state index in [0.717, 1.165) is 12.8 Å². The number of carbonyl (C=O) groups excluding carboxylic acids is 1. The highest BCUT2D eigenvalue weighted by Crippen LogP contribution is 2.24. The summed E-state index contributed by atoms with van der Waals surface area (Å²) < 4.78 is 4.56. The maximum absolute atomic E-state index is 10.9. The van der Waals surface area contributed by atoms with E-state index in [1.165, 1.54) is 7.11 Å². The van der Waals surface area contributed by atoms with Crippen LogP contribution in [0.5, 0.6) is 0 Å². The van der Waals surface area contributed by atoms with Gasteiger partial charge in [0, 0.05) is 12.8 Å². The molecule has 1 aliphatic rings. The first-order valence-corrected chi connectivity index (χ1v) is 4.17. The average Bonchev–Trinajstić information content (AvgIpc) is 2.09. The zero-order valence-corrected chi connectivity index (χ0v) is 7.25. The van der Waals surface area contributed by atoms with Crippen LogP contribution in [0.1, 0.15) is 25.7 Å². The van der Waals surface area contributed by atoms with E-state index in [4.69, 9.17) is 5.11 Å². The second-order valence-corrected chi connectivity index (χ2v) is 3.12. The molecule has 0 saturated carbocycles. The van der Waals surface area contributed by atoms with Crippen LogP contribution in [0.2, 0.25) is 0 Å². The first-order valence-electron chi connectivity index (χ1n) is 4.17. The summed E-state index contributed by atoms with van der Waals surface area (Å²) in [5.41, 5.74) is 0. The van der Waals surface area contributed by atoms with Crippen molar-refractivity contribution in [2.45, 2.75) is 25.7 Å². The minimum Gasteiger partial charge on any atom is -0.513 e. The molecule has 0 aromatic carbocycles. The first kappa shape index (κ1) is 9.10. The monoisotopic (exact) mass is 170 g/mol. The molecular formula is C9H14O3. The molecule has 1 aliphatic carbocycles. The summed E-state index contributed by atoms with van der Waals surface area (Å²) in [6.45, 7) is 0. The fourth-order valence-corrected chi connectivity index (χ4v) is 1.38. The Labute approximate surface area is 72.0 Å². The molecule has 3 heteroatoms. The largest absolute Gasteiger partial charge is 0.513 e. The summed E-state index contributed by atoms with van der Waals surface area (Å²) in [6.07, 6.45) is 4.64. The predicted octanol–water partition coefficient (Wildman–Crippen LogP) is 1.79. The van der Waals surface area contributed by atoms with E-state index in [1.807, 2.05) is 0 Å². The molecule has 1 rings (SSSR count). The Morgan fingerprint density at radius 1 is 1.83 bits per heavy atom. The molecule has 0 aliphatic heterocycles. The van der Waals surface area contributed by atoms with Gasteiger partial charge < -0.3 is 9.84 Å². The third-order valence-corrected chi connectivity index (χ3v) is 2.18. The minimum atomic E-state index is -0.158. The molecule has 0 heterocycles. The number of allylic oxidation sites excluding steroid dienone is 2. The molecule has 1 N–H and O–H groups in total. The van der Waals surface area contributed by atoms with Crippen molar-refractivity contribution in [2.75, 3.05) is 7.11 Å². The van der Waals surface area contributed by atoms with Crippen LogP contribution in [-0.4, -0.2) is 18.2 Å². The number of rotatable bonds is 2. The number of carbonyl (C=O) groups is 1. The summed E-state index contributed by atoms with van der Waals surface area (Å²) in [6, 6.07) is 0. The second-order valence-electron chi connectivity index (χ2n) is 3.12. The van der Waals surface area contributed by atoms with Gasteiger partial charge >= 0.3 is 5.97 Å². The van der Waals surface area contributed by atoms with Crippen molar-refractivity contribution in [2.24, 2.45) is 5.92 Å². The summed E-state index contributed by atoms with van der Waals surface area (Å²) in [5.74, 6) is 0.652. The zero-order chi connectivity index (χ0) is 8.97. The first-order chi connectivity index (χ1) is 5.72. The van der Waals surface area contributed by atoms with Crippen molar-refractivity contribution in [1.82, 2.24) is 0 Å². The van der Waals surface area contributed by atoms with Crippen LogP contribution in [0.4, 0.5) is 0 Å². The normalized spacial score (nSPS) is 23.1. The maximum atomic E-state index is 10.9. The Balaban J connectivity index is 2.32. The van der Waals surface area contributed by atoms with E-state index in [0.29, 0.717) is 24.5 Å². The molecule has 0 bridgehead atoms. The molecule has 0 fully saturated rings. The van der Waals surface area contributed by atoms with Crippen molar-refractivity contribution in [3.05, 3.63) is 11.8 Å². The zero-order valence-electron chi connectivity index (χ0n) is 7.25. The highest BCUT2D eigenvalue weighted by molar-refractivity contribution is 5.69. The van der Waals surface area contributed by atoms with Crippen molar-refractivity contribution < 1.29 is 14.6 Å². The third-order valence-electron chi connectivity index (χ3n) is 2.18. The number of aliphatic hydroxyl groups excluding tert-OH is 1. The van der Waals surface area contributed by atoms with E-state index >= 15 is 0 Å². The fourth-order valence-electron chi connectivity index (χ4n) is 1.38. The van der Waals surface area contributed by atoms with Crippen molar-refractivity contribution in [1.29, 1.82) is 0 Å². The highest BCUT2D eigenvalue weighted by atomic mass is 16.5. The van der Waals surface area contributed by atoms with Gasteiger partial charge in [0.2, 0.25) is 0 Å². The van der Waals surface area contributed by atoms with Gasteiger partial charge in [-0.15, -0.1) is 0 Å². The van der Waals surface area contributed by atoms with Gasteiger partial charge in [0.25, 0.3) is 0 Å². The molecule has 0 saturated heterocycles. The SMILES string of the molecule is COC(=O)CC1CC=C(O)CC1. The summed E-state index contributed by atoms with van der Waals surface area (Å²) in [4.78, 5) is 10.9. The van der Waals surface area contributed by atoms with E-state index in [-0.39, 0.29) is 5.97 Å². The Hall–Kier alpha value is -0.990. The van der Waals surface area contributed by atoms with Gasteiger partial charge in [0.15, 0.2) is 0 Å². The maximum Gasteiger partial charge on any atom is 0.305 e. The third kappa shape index (κ3) is 2.57. The number of esters is 1. The van der Waals surface area contributed by atoms with Crippen LogP contribution in [0.15, 0.2) is 11.8 Å². The van der Waals surface area contributed by atoms with Crippen LogP contribution in [0.3, 0.4) is 0 Å². The lowest BCUT2D eigenvalue weighted by atomic mass is 9.91. The van der Waals surface area contributed by atoms with E-state index in [9.17, 15) is 4.79 Å². The standard InChI is InChI=1S/C9H14O3/c1-12-9(11)6-7-2-4-8(10)5-3-7/h4,7,10H,2-3,5-6H2,1H3. The molecule has 0 spiro atoms. The molecule has 0 radical (unpaired) electrons. The van der Waals surface area contributed by atoms with Crippen LogP contribution in [-0.2, 0) is 9.53 Å². The smallest absolute Gasteiger partial charge is 0.305 e. The Morgan fingerprint density at radius 3 is 3.08 bits per heavy atom. The molecular weight excluding hydrogens is 156 g/mol. The van der Waals surface area contributed by atoms with Gasteiger partial charge in [0.1, 0.15) is 0 Å². The molecule has 0 aromatic heterocycles. The van der Waals surface area contributed by atoms with Gasteiger partial charge in [-0.25, -0.2) is 0 Å². The highest BCUT2D eigenvalue weighted by Gasteiger charge is 2.17. The minimum absolute atomic E-state index is 0.158. The van der Waals surface area contributed by atoms with Gasteiger partial charge in [-0.05, 0) is 24.8 Å². The fraction of sp³-hybridized carbons (Fsp3) is 0.667. The average molecular weight is 170 g/mol. The molecule has 1 unspecified atom stereocenters. The number of ether oxygens (including phenoxy) is 1. The molecule has 68 valence electrons. The lowest BCUT2D eigenvalue weighted by molar-refractivity contribution is -0.141. The molecule has 12 heavy (non-hydrogen) atoms. The summed E-state index contributed by atoms with van der Waals surface area (Å²) in [5, 5.41) is 9.06. The van der Waals surface area contributed by atoms with Crippen molar-refractivity contribution in [3.8, 4) is 0 Å². The van der Waals surface area contributed by atoms with Gasteiger partial charge in [-0.1, -0.05) is 0 Å². The van der Waals surface area contributed by atoms with Gasteiger partial charge in [-0.3, -0.25) is 4.79 Å². The van der Waals surface area contributed by atoms with Gasteiger partial charge in [0.05, 0.1) is 12.9 Å². The van der Waals surface area contributed by atoms with Crippen LogP contribution >= 0.6 is 0 Å². The number of aliphatic hydroxyl groups is 1. The van der Waals surface area contributed by atoms with E-state index in [2.05, 4.69) is 4.74 Å². The number of methoxy groups -OCH3 is 1. The van der Waals surface area contributed by atoms with E-state index in [1.54, 1.807) is 6.08 Å². The Morgan fingerprint density at radius 2 is 2.58 bits per heavy atom. The van der Waals surface area contributed by atoms with Crippen LogP contribution in [0.25, 0.3) is 0 Å². The summed E-state index contributed by atoms with van der Waals surface area (Å²) >= 11 is 0. The lowest BCUT2D eigenvalue weighted by Crippen LogP contribution is -2.12. The predicted molar refractivity (Wildman–Crippen MR) is 44.7 cm³/mol.